The largest absolute Gasteiger partial charge is 0.456 e. The van der Waals surface area contributed by atoms with Crippen molar-refractivity contribution in [1.82, 2.24) is 9.38 Å². The van der Waals surface area contributed by atoms with Gasteiger partial charge in [-0.15, -0.1) is 0 Å². The van der Waals surface area contributed by atoms with Gasteiger partial charge in [0.05, 0.1) is 20.8 Å². The summed E-state index contributed by atoms with van der Waals surface area (Å²) in [5, 5.41) is 10.9. The number of rotatable bonds is 5. The number of thiazole rings is 1. The minimum absolute atomic E-state index is 0.00807. The highest BCUT2D eigenvalue weighted by Gasteiger charge is 2.12. The quantitative estimate of drug-likeness (QED) is 0.199. The predicted molar refractivity (Wildman–Crippen MR) is 114 cm³/mol. The summed E-state index contributed by atoms with van der Waals surface area (Å²) in [7, 11) is 0. The Labute approximate surface area is 177 Å². The van der Waals surface area contributed by atoms with E-state index in [9.17, 15) is 19.7 Å². The molecule has 150 valence electrons. The van der Waals surface area contributed by atoms with E-state index in [0.717, 1.165) is 16.3 Å². The van der Waals surface area contributed by atoms with Crippen LogP contribution >= 0.6 is 22.9 Å². The maximum atomic E-state index is 12.5. The van der Waals surface area contributed by atoms with Crippen LogP contribution in [0.4, 0.5) is 5.69 Å². The first-order valence-electron chi connectivity index (χ1n) is 8.61. The Morgan fingerprint density at radius 2 is 2.07 bits per heavy atom. The van der Waals surface area contributed by atoms with Gasteiger partial charge in [-0.1, -0.05) is 41.1 Å². The van der Waals surface area contributed by atoms with E-state index >= 15 is 0 Å². The molecule has 0 unspecified atom stereocenters. The van der Waals surface area contributed by atoms with Gasteiger partial charge >= 0.3 is 5.97 Å². The van der Waals surface area contributed by atoms with Gasteiger partial charge in [0.2, 0.25) is 0 Å². The van der Waals surface area contributed by atoms with Crippen molar-refractivity contribution >= 4 is 55.8 Å². The summed E-state index contributed by atoms with van der Waals surface area (Å²) >= 11 is 7.13. The second-order valence-electron chi connectivity index (χ2n) is 6.18. The molecule has 0 radical (unpaired) electrons. The van der Waals surface area contributed by atoms with Crippen molar-refractivity contribution < 1.29 is 14.5 Å². The van der Waals surface area contributed by atoms with Crippen molar-refractivity contribution in [2.24, 2.45) is 0 Å². The summed E-state index contributed by atoms with van der Waals surface area (Å²) in [6, 6.07) is 13.0. The molecule has 8 nitrogen and oxygen atoms in total. The summed E-state index contributed by atoms with van der Waals surface area (Å²) in [6.07, 6.45) is 2.51. The molecule has 2 aromatic carbocycles. The summed E-state index contributed by atoms with van der Waals surface area (Å²) in [6.45, 7) is -0.177. The number of ether oxygens (including phenoxy) is 1. The first-order chi connectivity index (χ1) is 14.4. The minimum atomic E-state index is -0.675. The Morgan fingerprint density at radius 3 is 2.87 bits per heavy atom. The zero-order chi connectivity index (χ0) is 21.3. The molecule has 0 atom stereocenters. The molecule has 0 amide bonds. The Balaban J connectivity index is 1.49. The van der Waals surface area contributed by atoms with Crippen molar-refractivity contribution in [1.29, 1.82) is 0 Å². The molecule has 0 saturated carbocycles. The Kier molecular flexibility index (Phi) is 5.30. The van der Waals surface area contributed by atoms with Gasteiger partial charge in [-0.05, 0) is 29.8 Å². The number of hydrogen-bond donors (Lipinski definition) is 0. The summed E-state index contributed by atoms with van der Waals surface area (Å²) < 4.78 is 7.58. The maximum Gasteiger partial charge on any atom is 0.331 e. The molecule has 0 aliphatic heterocycles. The van der Waals surface area contributed by atoms with Crippen LogP contribution in [0.5, 0.6) is 0 Å². The van der Waals surface area contributed by atoms with Crippen molar-refractivity contribution in [3.63, 3.8) is 0 Å². The Hall–Kier alpha value is -3.56. The number of halogens is 1. The van der Waals surface area contributed by atoms with E-state index in [4.69, 9.17) is 16.3 Å². The summed E-state index contributed by atoms with van der Waals surface area (Å²) in [5.41, 5.74) is 1.01. The van der Waals surface area contributed by atoms with Crippen molar-refractivity contribution in [2.45, 2.75) is 6.61 Å². The highest BCUT2D eigenvalue weighted by atomic mass is 35.5. The summed E-state index contributed by atoms with van der Waals surface area (Å²) in [4.78, 5) is 39.7. The molecule has 0 aliphatic rings. The van der Waals surface area contributed by atoms with E-state index in [-0.39, 0.29) is 22.9 Å². The number of esters is 1. The zero-order valence-corrected chi connectivity index (χ0v) is 16.7. The fraction of sp³-hybridized carbons (Fsp3) is 0.0500. The molecule has 4 aromatic rings. The molecule has 10 heteroatoms. The lowest BCUT2D eigenvalue weighted by Crippen LogP contribution is -2.14. The number of nitrogens with zero attached hydrogens (tertiary/aromatic N) is 3. The molecule has 0 aliphatic carbocycles. The molecule has 0 N–H and O–H groups in total. The van der Waals surface area contributed by atoms with E-state index in [0.29, 0.717) is 16.2 Å². The first-order valence-corrected chi connectivity index (χ1v) is 9.81. The number of hydrogen-bond acceptors (Lipinski definition) is 7. The fourth-order valence-corrected chi connectivity index (χ4v) is 4.06. The minimum Gasteiger partial charge on any atom is -0.456 e. The monoisotopic (exact) mass is 441 g/mol. The number of fused-ring (bicyclic) bond motifs is 3. The normalized spacial score (nSPS) is 11.4. The maximum absolute atomic E-state index is 12.5. The zero-order valence-electron chi connectivity index (χ0n) is 15.1. The number of nitro groups is 1. The van der Waals surface area contributed by atoms with Gasteiger partial charge < -0.3 is 4.74 Å². The second kappa shape index (κ2) is 8.05. The van der Waals surface area contributed by atoms with Gasteiger partial charge in [0.25, 0.3) is 11.2 Å². The fourth-order valence-electron chi connectivity index (χ4n) is 2.83. The standard InChI is InChI=1S/C20H12ClN3O5S/c21-14-7-5-12(9-16(14)24(27)28)6-8-19(26)29-11-13-10-18(25)23-15-3-1-2-4-17(15)30-20(23)22-13/h1-10H,11H2/b8-6+. The molecule has 2 aromatic heterocycles. The molecule has 0 saturated heterocycles. The summed E-state index contributed by atoms with van der Waals surface area (Å²) in [5.74, 6) is -0.675. The van der Waals surface area contributed by atoms with Gasteiger partial charge in [0.1, 0.15) is 11.6 Å². The van der Waals surface area contributed by atoms with E-state index in [1.54, 1.807) is 0 Å². The van der Waals surface area contributed by atoms with Crippen LogP contribution in [-0.2, 0) is 16.1 Å². The van der Waals surface area contributed by atoms with E-state index < -0.39 is 10.9 Å². The smallest absolute Gasteiger partial charge is 0.331 e. The van der Waals surface area contributed by atoms with Crippen molar-refractivity contribution in [2.75, 3.05) is 0 Å². The molecule has 0 fully saturated rings. The van der Waals surface area contributed by atoms with Crippen LogP contribution in [0.15, 0.2) is 59.4 Å². The number of nitro benzene ring substituents is 1. The van der Waals surface area contributed by atoms with Crippen LogP contribution in [0, 0.1) is 10.1 Å². The van der Waals surface area contributed by atoms with Crippen LogP contribution in [0.2, 0.25) is 5.02 Å². The number of benzene rings is 2. The predicted octanol–water partition coefficient (Wildman–Crippen LogP) is 4.23. The lowest BCUT2D eigenvalue weighted by atomic mass is 10.2. The Bertz CT molecular complexity index is 1390. The van der Waals surface area contributed by atoms with Gasteiger partial charge in [0.15, 0.2) is 4.96 Å². The van der Waals surface area contributed by atoms with Crippen LogP contribution < -0.4 is 5.56 Å². The van der Waals surface area contributed by atoms with Gasteiger partial charge in [0, 0.05) is 18.2 Å². The molecular weight excluding hydrogens is 430 g/mol. The van der Waals surface area contributed by atoms with Gasteiger partial charge in [-0.25, -0.2) is 9.78 Å². The molecule has 2 heterocycles. The molecule has 0 spiro atoms. The van der Waals surface area contributed by atoms with Gasteiger partial charge in [-0.3, -0.25) is 19.3 Å². The third-order valence-corrected chi connectivity index (χ3v) is 5.53. The molecule has 30 heavy (non-hydrogen) atoms. The number of aromatic nitrogens is 2. The molecular formula is C20H12ClN3O5S. The van der Waals surface area contributed by atoms with Crippen molar-refractivity contribution in [3.8, 4) is 0 Å². The lowest BCUT2D eigenvalue weighted by molar-refractivity contribution is -0.384. The average molecular weight is 442 g/mol. The van der Waals surface area contributed by atoms with Crippen LogP contribution in [0.1, 0.15) is 11.3 Å². The average Bonchev–Trinajstić information content (AvgIpc) is 3.10. The Morgan fingerprint density at radius 1 is 1.27 bits per heavy atom. The molecule has 4 rings (SSSR count). The third kappa shape index (κ3) is 3.93. The van der Waals surface area contributed by atoms with Gasteiger partial charge in [-0.2, -0.15) is 0 Å². The second-order valence-corrected chi connectivity index (χ2v) is 7.60. The van der Waals surface area contributed by atoms with Crippen LogP contribution in [0.25, 0.3) is 21.3 Å². The first kappa shape index (κ1) is 19.7. The van der Waals surface area contributed by atoms with E-state index in [2.05, 4.69) is 4.98 Å². The number of carbonyl (C=O) groups excluding carboxylic acids is 1. The number of para-hydroxylation sites is 1. The van der Waals surface area contributed by atoms with E-state index in [1.807, 2.05) is 24.3 Å². The molecule has 0 bridgehead atoms. The van der Waals surface area contributed by atoms with E-state index in [1.165, 1.54) is 46.1 Å². The topological polar surface area (TPSA) is 104 Å². The highest BCUT2D eigenvalue weighted by Crippen LogP contribution is 2.26. The third-order valence-electron chi connectivity index (χ3n) is 4.19. The number of carbonyl (C=O) groups is 1. The lowest BCUT2D eigenvalue weighted by Gasteiger charge is -2.02. The van der Waals surface area contributed by atoms with Crippen LogP contribution in [-0.4, -0.2) is 20.3 Å². The highest BCUT2D eigenvalue weighted by molar-refractivity contribution is 7.23. The van der Waals surface area contributed by atoms with Crippen molar-refractivity contribution in [3.05, 3.63) is 91.4 Å². The van der Waals surface area contributed by atoms with Crippen LogP contribution in [0.3, 0.4) is 0 Å². The SMILES string of the molecule is O=C(/C=C/c1ccc(Cl)c([N+](=O)[O-])c1)OCc1cc(=O)n2c(n1)sc1ccccc12.